The van der Waals surface area contributed by atoms with E-state index in [0.29, 0.717) is 0 Å². The number of carbonyl (C=O) groups excluding carboxylic acids is 2. The summed E-state index contributed by atoms with van der Waals surface area (Å²) in [5, 5.41) is 1.33. The van der Waals surface area contributed by atoms with E-state index < -0.39 is 5.41 Å². The van der Waals surface area contributed by atoms with E-state index in [1.165, 1.54) is 5.01 Å². The predicted octanol–water partition coefficient (Wildman–Crippen LogP) is 1.40. The number of nitrogens with zero attached hydrogens (tertiary/aromatic N) is 1. The van der Waals surface area contributed by atoms with Gasteiger partial charge in [-0.25, -0.2) is 5.01 Å². The van der Waals surface area contributed by atoms with Crippen LogP contribution in [0, 0.1) is 12.3 Å². The van der Waals surface area contributed by atoms with Gasteiger partial charge in [-0.05, 0) is 32.4 Å². The van der Waals surface area contributed by atoms with Gasteiger partial charge in [-0.15, -0.1) is 0 Å². The third kappa shape index (κ3) is 1.38. The third-order valence-electron chi connectivity index (χ3n) is 2.88. The van der Waals surface area contributed by atoms with Gasteiger partial charge in [0.05, 0.1) is 5.69 Å². The number of hydrogen-bond donors (Lipinski definition) is 1. The molecule has 1 aliphatic rings. The fourth-order valence-electron chi connectivity index (χ4n) is 1.65. The minimum absolute atomic E-state index is 0.216. The van der Waals surface area contributed by atoms with Crippen LogP contribution in [0.15, 0.2) is 24.3 Å². The Morgan fingerprint density at radius 2 is 1.81 bits per heavy atom. The first-order valence-electron chi connectivity index (χ1n) is 5.16. The average Bonchev–Trinajstić information content (AvgIpc) is 2.43. The zero-order valence-electron chi connectivity index (χ0n) is 9.57. The first kappa shape index (κ1) is 10.7. The summed E-state index contributed by atoms with van der Waals surface area (Å²) < 4.78 is 0. The number of carbonyl (C=O) groups is 2. The summed E-state index contributed by atoms with van der Waals surface area (Å²) in [6, 6.07) is 7.45. The molecule has 84 valence electrons. The Morgan fingerprint density at radius 1 is 1.19 bits per heavy atom. The van der Waals surface area contributed by atoms with E-state index in [2.05, 4.69) is 5.43 Å². The first-order chi connectivity index (χ1) is 7.44. The number of para-hydroxylation sites is 1. The molecule has 0 aromatic heterocycles. The van der Waals surface area contributed by atoms with Crippen LogP contribution in [0.3, 0.4) is 0 Å². The molecule has 0 aliphatic carbocycles. The topological polar surface area (TPSA) is 49.4 Å². The number of nitrogens with one attached hydrogen (secondary N) is 1. The summed E-state index contributed by atoms with van der Waals surface area (Å²) in [7, 11) is 0. The van der Waals surface area contributed by atoms with Crippen molar-refractivity contribution in [2.45, 2.75) is 20.8 Å². The number of hydrogen-bond acceptors (Lipinski definition) is 2. The first-order valence-corrected chi connectivity index (χ1v) is 5.16. The summed E-state index contributed by atoms with van der Waals surface area (Å²) in [5.41, 5.74) is 3.29. The second-order valence-electron chi connectivity index (χ2n) is 4.49. The lowest BCUT2D eigenvalue weighted by Gasteiger charge is -2.18. The van der Waals surface area contributed by atoms with Crippen molar-refractivity contribution in [3.63, 3.8) is 0 Å². The molecule has 0 unspecified atom stereocenters. The summed E-state index contributed by atoms with van der Waals surface area (Å²) in [6.45, 7) is 5.16. The molecular formula is C12H14N2O2. The summed E-state index contributed by atoms with van der Waals surface area (Å²) in [6.07, 6.45) is 0. The largest absolute Gasteiger partial charge is 0.272 e. The SMILES string of the molecule is Cc1ccccc1N1NC(=O)C(C)(C)C1=O. The Hall–Kier alpha value is -1.84. The Labute approximate surface area is 94.2 Å². The van der Waals surface area contributed by atoms with Gasteiger partial charge in [0.1, 0.15) is 5.41 Å². The van der Waals surface area contributed by atoms with Crippen LogP contribution in [0.5, 0.6) is 0 Å². The number of amides is 2. The minimum atomic E-state index is -0.984. The third-order valence-corrected chi connectivity index (χ3v) is 2.88. The lowest BCUT2D eigenvalue weighted by Crippen LogP contribution is -2.36. The number of aryl methyl sites for hydroxylation is 1. The number of hydrazine groups is 1. The standard InChI is InChI=1S/C12H14N2O2/c1-8-6-4-5-7-9(8)14-11(16)12(2,3)10(15)13-14/h4-7H,1-3H3,(H,13,15). The van der Waals surface area contributed by atoms with Gasteiger partial charge in [-0.1, -0.05) is 18.2 Å². The van der Waals surface area contributed by atoms with Crippen LogP contribution >= 0.6 is 0 Å². The Balaban J connectivity index is 2.43. The molecule has 4 nitrogen and oxygen atoms in total. The molecule has 1 aromatic rings. The van der Waals surface area contributed by atoms with Crippen LogP contribution in [-0.2, 0) is 9.59 Å². The molecule has 0 radical (unpaired) electrons. The van der Waals surface area contributed by atoms with Crippen molar-refractivity contribution in [2.75, 3.05) is 5.01 Å². The van der Waals surface area contributed by atoms with Crippen LogP contribution in [0.1, 0.15) is 19.4 Å². The van der Waals surface area contributed by atoms with Crippen molar-refractivity contribution < 1.29 is 9.59 Å². The second kappa shape index (κ2) is 3.33. The maximum absolute atomic E-state index is 12.0. The van der Waals surface area contributed by atoms with Crippen molar-refractivity contribution in [1.29, 1.82) is 0 Å². The quantitative estimate of drug-likeness (QED) is 0.724. The molecule has 1 fully saturated rings. The van der Waals surface area contributed by atoms with Crippen LogP contribution in [0.2, 0.25) is 0 Å². The van der Waals surface area contributed by atoms with E-state index in [4.69, 9.17) is 0 Å². The fraction of sp³-hybridized carbons (Fsp3) is 0.333. The fourth-order valence-corrected chi connectivity index (χ4v) is 1.65. The molecule has 0 spiro atoms. The second-order valence-corrected chi connectivity index (χ2v) is 4.49. The normalized spacial score (nSPS) is 18.8. The molecular weight excluding hydrogens is 204 g/mol. The summed E-state index contributed by atoms with van der Waals surface area (Å²) >= 11 is 0. The number of rotatable bonds is 1. The summed E-state index contributed by atoms with van der Waals surface area (Å²) in [4.78, 5) is 23.7. The van der Waals surface area contributed by atoms with Crippen LogP contribution in [-0.4, -0.2) is 11.8 Å². The van der Waals surface area contributed by atoms with E-state index in [-0.39, 0.29) is 11.8 Å². The molecule has 0 saturated carbocycles. The molecule has 2 amide bonds. The van der Waals surface area contributed by atoms with E-state index in [0.717, 1.165) is 11.3 Å². The zero-order valence-corrected chi connectivity index (χ0v) is 9.57. The van der Waals surface area contributed by atoms with Crippen LogP contribution < -0.4 is 10.4 Å². The molecule has 1 heterocycles. The van der Waals surface area contributed by atoms with Gasteiger partial charge < -0.3 is 0 Å². The molecule has 1 N–H and O–H groups in total. The lowest BCUT2D eigenvalue weighted by atomic mass is 9.93. The Kier molecular flexibility index (Phi) is 2.22. The monoisotopic (exact) mass is 218 g/mol. The zero-order chi connectivity index (χ0) is 11.9. The van der Waals surface area contributed by atoms with Gasteiger partial charge in [0.25, 0.3) is 11.8 Å². The smallest absolute Gasteiger partial charge is 0.260 e. The van der Waals surface area contributed by atoms with E-state index in [1.807, 2.05) is 31.2 Å². The highest BCUT2D eigenvalue weighted by molar-refractivity contribution is 6.17. The van der Waals surface area contributed by atoms with Gasteiger partial charge in [0.2, 0.25) is 0 Å². The highest BCUT2D eigenvalue weighted by Gasteiger charge is 2.47. The molecule has 4 heteroatoms. The van der Waals surface area contributed by atoms with Crippen molar-refractivity contribution in [3.05, 3.63) is 29.8 Å². The van der Waals surface area contributed by atoms with Crippen molar-refractivity contribution >= 4 is 17.5 Å². The molecule has 16 heavy (non-hydrogen) atoms. The minimum Gasteiger partial charge on any atom is -0.272 e. The maximum atomic E-state index is 12.0. The molecule has 2 rings (SSSR count). The van der Waals surface area contributed by atoms with Gasteiger partial charge in [-0.3, -0.25) is 15.0 Å². The summed E-state index contributed by atoms with van der Waals surface area (Å²) in [5.74, 6) is -0.479. The van der Waals surface area contributed by atoms with Crippen LogP contribution in [0.4, 0.5) is 5.69 Å². The van der Waals surface area contributed by atoms with Gasteiger partial charge in [0, 0.05) is 0 Å². The van der Waals surface area contributed by atoms with E-state index in [9.17, 15) is 9.59 Å². The number of anilines is 1. The van der Waals surface area contributed by atoms with E-state index >= 15 is 0 Å². The van der Waals surface area contributed by atoms with Gasteiger partial charge in [0.15, 0.2) is 0 Å². The highest BCUT2D eigenvalue weighted by atomic mass is 16.2. The lowest BCUT2D eigenvalue weighted by molar-refractivity contribution is -0.133. The molecule has 1 aliphatic heterocycles. The van der Waals surface area contributed by atoms with Crippen LogP contribution in [0.25, 0.3) is 0 Å². The van der Waals surface area contributed by atoms with Gasteiger partial charge in [-0.2, -0.15) is 0 Å². The molecule has 1 saturated heterocycles. The number of benzene rings is 1. The predicted molar refractivity (Wildman–Crippen MR) is 60.6 cm³/mol. The van der Waals surface area contributed by atoms with Gasteiger partial charge >= 0.3 is 0 Å². The molecule has 0 atom stereocenters. The molecule has 0 bridgehead atoms. The Bertz CT molecular complexity index is 466. The Morgan fingerprint density at radius 3 is 2.31 bits per heavy atom. The molecule has 1 aromatic carbocycles. The maximum Gasteiger partial charge on any atom is 0.260 e. The van der Waals surface area contributed by atoms with Crippen molar-refractivity contribution in [3.8, 4) is 0 Å². The van der Waals surface area contributed by atoms with Crippen molar-refractivity contribution in [2.24, 2.45) is 5.41 Å². The highest BCUT2D eigenvalue weighted by Crippen LogP contribution is 2.29. The van der Waals surface area contributed by atoms with E-state index in [1.54, 1.807) is 13.8 Å². The van der Waals surface area contributed by atoms with Crippen molar-refractivity contribution in [1.82, 2.24) is 5.43 Å². The average molecular weight is 218 g/mol.